The van der Waals surface area contributed by atoms with E-state index < -0.39 is 23.2 Å². The van der Waals surface area contributed by atoms with E-state index in [0.29, 0.717) is 12.5 Å². The third-order valence-corrected chi connectivity index (χ3v) is 4.27. The number of carboxylic acid groups (broad SMARTS) is 1. The first kappa shape index (κ1) is 14.3. The van der Waals surface area contributed by atoms with E-state index >= 15 is 0 Å². The van der Waals surface area contributed by atoms with Crippen LogP contribution in [0.5, 0.6) is 0 Å². The van der Waals surface area contributed by atoms with E-state index in [9.17, 15) is 13.6 Å². The molecule has 4 nitrogen and oxygen atoms in total. The molecule has 0 spiro atoms. The smallest absolute Gasteiger partial charge is 0.338 e. The van der Waals surface area contributed by atoms with Gasteiger partial charge in [0.15, 0.2) is 11.6 Å². The number of hydrogen-bond donors (Lipinski definition) is 2. The minimum absolute atomic E-state index is 0.0300. The maximum Gasteiger partial charge on any atom is 0.338 e. The first-order valence-corrected chi connectivity index (χ1v) is 7.25. The summed E-state index contributed by atoms with van der Waals surface area (Å²) in [5, 5.41) is 11.6. The first-order valence-electron chi connectivity index (χ1n) is 7.25. The molecule has 1 aromatic carbocycles. The average Bonchev–Trinajstić information content (AvgIpc) is 3.19. The molecular weight excluding hydrogens is 278 g/mol. The van der Waals surface area contributed by atoms with Gasteiger partial charge in [-0.05, 0) is 43.9 Å². The van der Waals surface area contributed by atoms with Crippen molar-refractivity contribution in [2.24, 2.45) is 5.92 Å². The second-order valence-corrected chi connectivity index (χ2v) is 5.86. The molecular formula is C15H18F2N2O2. The lowest BCUT2D eigenvalue weighted by Gasteiger charge is -2.16. The van der Waals surface area contributed by atoms with Crippen molar-refractivity contribution < 1.29 is 18.7 Å². The number of aromatic carboxylic acids is 1. The molecule has 1 aliphatic carbocycles. The highest BCUT2D eigenvalue weighted by atomic mass is 19.2. The fourth-order valence-corrected chi connectivity index (χ4v) is 2.91. The predicted octanol–water partition coefficient (Wildman–Crippen LogP) is 2.56. The number of rotatable bonds is 5. The lowest BCUT2D eigenvalue weighted by molar-refractivity contribution is 0.0690. The number of anilines is 1. The van der Waals surface area contributed by atoms with Gasteiger partial charge in [0.25, 0.3) is 0 Å². The summed E-state index contributed by atoms with van der Waals surface area (Å²) in [6, 6.07) is 3.11. The highest BCUT2D eigenvalue weighted by Crippen LogP contribution is 2.32. The van der Waals surface area contributed by atoms with Crippen LogP contribution >= 0.6 is 0 Å². The number of carbonyl (C=O) groups is 1. The van der Waals surface area contributed by atoms with Crippen molar-refractivity contribution in [2.75, 3.05) is 25.0 Å². The van der Waals surface area contributed by atoms with E-state index in [1.807, 2.05) is 0 Å². The van der Waals surface area contributed by atoms with Gasteiger partial charge < -0.3 is 15.3 Å². The highest BCUT2D eigenvalue weighted by molar-refractivity contribution is 5.88. The van der Waals surface area contributed by atoms with Crippen molar-refractivity contribution in [3.8, 4) is 0 Å². The standard InChI is InChI=1S/C15H18F2N2O2/c16-13-11(15(20)21)3-4-12(14(13)17)18-7-9-5-6-19(8-9)10-1-2-10/h3-4,9-10,18H,1-2,5-8H2,(H,20,21). The van der Waals surface area contributed by atoms with E-state index in [2.05, 4.69) is 10.2 Å². The number of hydrogen-bond acceptors (Lipinski definition) is 3. The second kappa shape index (κ2) is 5.60. The summed E-state index contributed by atoms with van der Waals surface area (Å²) in [5.41, 5.74) is -0.610. The van der Waals surface area contributed by atoms with Gasteiger partial charge in [-0.25, -0.2) is 13.6 Å². The van der Waals surface area contributed by atoms with Gasteiger partial charge in [0.1, 0.15) is 0 Å². The topological polar surface area (TPSA) is 52.6 Å². The lowest BCUT2D eigenvalue weighted by atomic mass is 10.1. The molecule has 0 aromatic heterocycles. The second-order valence-electron chi connectivity index (χ2n) is 5.86. The summed E-state index contributed by atoms with van der Waals surface area (Å²) < 4.78 is 27.4. The van der Waals surface area contributed by atoms with Crippen molar-refractivity contribution in [3.05, 3.63) is 29.3 Å². The Kier molecular flexibility index (Phi) is 3.80. The van der Waals surface area contributed by atoms with Gasteiger partial charge in [0, 0.05) is 19.1 Å². The Balaban J connectivity index is 1.60. The molecule has 6 heteroatoms. The van der Waals surface area contributed by atoms with Gasteiger partial charge in [-0.15, -0.1) is 0 Å². The molecule has 1 unspecified atom stereocenters. The molecule has 1 saturated carbocycles. The van der Waals surface area contributed by atoms with E-state index in [1.54, 1.807) is 0 Å². The minimum Gasteiger partial charge on any atom is -0.478 e. The Bertz CT molecular complexity index is 561. The van der Waals surface area contributed by atoms with Gasteiger partial charge in [0.2, 0.25) is 0 Å². The summed E-state index contributed by atoms with van der Waals surface area (Å²) in [6.45, 7) is 2.65. The van der Waals surface area contributed by atoms with Crippen LogP contribution in [0.2, 0.25) is 0 Å². The van der Waals surface area contributed by atoms with Crippen LogP contribution in [0.15, 0.2) is 12.1 Å². The quantitative estimate of drug-likeness (QED) is 0.877. The maximum atomic E-state index is 13.8. The maximum absolute atomic E-state index is 13.8. The van der Waals surface area contributed by atoms with E-state index in [0.717, 1.165) is 31.6 Å². The molecule has 3 rings (SSSR count). The van der Waals surface area contributed by atoms with Crippen LogP contribution in [-0.2, 0) is 0 Å². The Morgan fingerprint density at radius 1 is 1.29 bits per heavy atom. The molecule has 1 saturated heterocycles. The van der Waals surface area contributed by atoms with Crippen LogP contribution in [0.3, 0.4) is 0 Å². The molecule has 1 heterocycles. The van der Waals surface area contributed by atoms with Crippen molar-refractivity contribution >= 4 is 11.7 Å². The Hall–Kier alpha value is -1.69. The van der Waals surface area contributed by atoms with Crippen molar-refractivity contribution in [1.82, 2.24) is 4.90 Å². The van der Waals surface area contributed by atoms with E-state index in [4.69, 9.17) is 5.11 Å². The van der Waals surface area contributed by atoms with Crippen molar-refractivity contribution in [1.29, 1.82) is 0 Å². The highest BCUT2D eigenvalue weighted by Gasteiger charge is 2.34. The van der Waals surface area contributed by atoms with Gasteiger partial charge in [-0.1, -0.05) is 0 Å². The summed E-state index contributed by atoms with van der Waals surface area (Å²) in [6.07, 6.45) is 3.61. The summed E-state index contributed by atoms with van der Waals surface area (Å²) >= 11 is 0. The van der Waals surface area contributed by atoms with Gasteiger partial charge in [0.05, 0.1) is 11.3 Å². The average molecular weight is 296 g/mol. The summed E-state index contributed by atoms with van der Waals surface area (Å²) in [5.74, 6) is -3.47. The molecule has 0 bridgehead atoms. The normalized spacial score (nSPS) is 22.5. The van der Waals surface area contributed by atoms with Crippen molar-refractivity contribution in [2.45, 2.75) is 25.3 Å². The molecule has 2 aliphatic rings. The van der Waals surface area contributed by atoms with Crippen LogP contribution in [0.1, 0.15) is 29.6 Å². The molecule has 114 valence electrons. The van der Waals surface area contributed by atoms with Crippen molar-refractivity contribution in [3.63, 3.8) is 0 Å². The SMILES string of the molecule is O=C(O)c1ccc(NCC2CCN(C3CC3)C2)c(F)c1F. The van der Waals surface area contributed by atoms with Crippen LogP contribution in [-0.4, -0.2) is 41.7 Å². The monoisotopic (exact) mass is 296 g/mol. The fraction of sp³-hybridized carbons (Fsp3) is 0.533. The number of carboxylic acids is 1. The fourth-order valence-electron chi connectivity index (χ4n) is 2.91. The largest absolute Gasteiger partial charge is 0.478 e. The predicted molar refractivity (Wildman–Crippen MR) is 74.5 cm³/mol. The zero-order valence-electron chi connectivity index (χ0n) is 11.6. The molecule has 1 atom stereocenters. The van der Waals surface area contributed by atoms with E-state index in [1.165, 1.54) is 18.9 Å². The third kappa shape index (κ3) is 3.00. The van der Waals surface area contributed by atoms with Crippen LogP contribution in [0.25, 0.3) is 0 Å². The van der Waals surface area contributed by atoms with Gasteiger partial charge >= 0.3 is 5.97 Å². The summed E-state index contributed by atoms with van der Waals surface area (Å²) in [4.78, 5) is 13.2. The third-order valence-electron chi connectivity index (χ3n) is 4.27. The van der Waals surface area contributed by atoms with E-state index in [-0.39, 0.29) is 5.69 Å². The Morgan fingerprint density at radius 2 is 2.05 bits per heavy atom. The molecule has 1 aromatic rings. The molecule has 0 radical (unpaired) electrons. The first-order chi connectivity index (χ1) is 10.1. The number of nitrogens with one attached hydrogen (secondary N) is 1. The van der Waals surface area contributed by atoms with Crippen LogP contribution < -0.4 is 5.32 Å². The molecule has 1 aliphatic heterocycles. The molecule has 0 amide bonds. The van der Waals surface area contributed by atoms with Gasteiger partial charge in [-0.3, -0.25) is 0 Å². The van der Waals surface area contributed by atoms with Crippen LogP contribution in [0.4, 0.5) is 14.5 Å². The molecule has 2 N–H and O–H groups in total. The van der Waals surface area contributed by atoms with Crippen LogP contribution in [0, 0.1) is 17.6 Å². The zero-order chi connectivity index (χ0) is 15.0. The molecule has 21 heavy (non-hydrogen) atoms. The van der Waals surface area contributed by atoms with Gasteiger partial charge in [-0.2, -0.15) is 0 Å². The number of likely N-dealkylation sites (tertiary alicyclic amines) is 1. The Morgan fingerprint density at radius 3 is 2.71 bits per heavy atom. The number of benzene rings is 1. The molecule has 2 fully saturated rings. The number of nitrogens with zero attached hydrogens (tertiary/aromatic N) is 1. The lowest BCUT2D eigenvalue weighted by Crippen LogP contribution is -2.25. The minimum atomic E-state index is -1.46. The Labute approximate surface area is 121 Å². The number of halogens is 2. The zero-order valence-corrected chi connectivity index (χ0v) is 11.6. The summed E-state index contributed by atoms with van der Waals surface area (Å²) in [7, 11) is 0.